The molecule has 11 unspecified atom stereocenters. The van der Waals surface area contributed by atoms with E-state index in [2.05, 4.69) is 32.3 Å². The number of aliphatic hydroxyl groups is 3. The number of quaternary nitrogens is 1. The molecule has 0 bridgehead atoms. The number of carbonyl (C=O) groups excluding carboxylic acids is 8. The smallest absolute Gasteiger partial charge is 0.249 e. The van der Waals surface area contributed by atoms with Gasteiger partial charge in [0.25, 0.3) is 0 Å². The highest BCUT2D eigenvalue weighted by molar-refractivity contribution is 5.95. The average Bonchev–Trinajstić information content (AvgIpc) is 3.04. The molecule has 0 aromatic heterocycles. The Morgan fingerprint density at radius 3 is 1.86 bits per heavy atom. The fraction of sp³-hybridized carbons (Fsp3) is 0.724. The second-order valence-corrected chi connectivity index (χ2v) is 12.0. The minimum atomic E-state index is -1.74. The van der Waals surface area contributed by atoms with Gasteiger partial charge in [0.15, 0.2) is 6.29 Å². The van der Waals surface area contributed by atoms with E-state index < -0.39 is 134 Å². The maximum Gasteiger partial charge on any atom is 0.249 e. The van der Waals surface area contributed by atoms with Crippen molar-refractivity contribution in [3.63, 3.8) is 0 Å². The zero-order chi connectivity index (χ0) is 39.2. The van der Waals surface area contributed by atoms with Gasteiger partial charge in [-0.25, -0.2) is 0 Å². The zero-order valence-corrected chi connectivity index (χ0v) is 28.4. The van der Waals surface area contributed by atoms with Gasteiger partial charge in [0.2, 0.25) is 29.5 Å². The van der Waals surface area contributed by atoms with Gasteiger partial charge in [0.05, 0.1) is 24.6 Å². The number of aliphatic hydroxyl groups excluding tert-OH is 3. The lowest BCUT2D eigenvalue weighted by Crippen LogP contribution is -2.68. The molecular formula is C29H46N6O16-2. The number of carboxylic acids is 3. The van der Waals surface area contributed by atoms with Gasteiger partial charge in [-0.3, -0.25) is 24.0 Å². The number of hydrogen-bond acceptors (Lipinski definition) is 16. The highest BCUT2D eigenvalue weighted by atomic mass is 16.6. The first kappa shape index (κ1) is 44.5. The van der Waals surface area contributed by atoms with Crippen LogP contribution in [0.15, 0.2) is 0 Å². The lowest BCUT2D eigenvalue weighted by atomic mass is 9.96. The third-order valence-corrected chi connectivity index (χ3v) is 7.72. The molecule has 1 fully saturated rings. The summed E-state index contributed by atoms with van der Waals surface area (Å²) in [6.45, 7) is 3.84. The topological polar surface area (TPSA) is 373 Å². The number of carboxylic acid groups (broad SMARTS) is 3. The maximum absolute atomic E-state index is 13.2. The Labute approximate surface area is 291 Å². The fourth-order valence-corrected chi connectivity index (χ4v) is 4.76. The summed E-state index contributed by atoms with van der Waals surface area (Å²) >= 11 is 0. The molecule has 0 saturated carbocycles. The summed E-state index contributed by atoms with van der Waals surface area (Å²) in [6, 6.07) is -8.60. The first-order valence-electron chi connectivity index (χ1n) is 15.9. The van der Waals surface area contributed by atoms with Crippen LogP contribution in [-0.4, -0.2) is 136 Å². The molecule has 22 heteroatoms. The molecule has 0 spiro atoms. The van der Waals surface area contributed by atoms with E-state index in [-0.39, 0.29) is 19.3 Å². The van der Waals surface area contributed by atoms with Gasteiger partial charge < -0.3 is 86.8 Å². The van der Waals surface area contributed by atoms with E-state index in [1.54, 1.807) is 0 Å². The Morgan fingerprint density at radius 1 is 0.784 bits per heavy atom. The van der Waals surface area contributed by atoms with E-state index >= 15 is 0 Å². The summed E-state index contributed by atoms with van der Waals surface area (Å²) < 4.78 is 10.7. The third-order valence-electron chi connectivity index (χ3n) is 7.72. The Bertz CT molecular complexity index is 1270. The average molecular weight is 735 g/mol. The molecule has 1 saturated heterocycles. The molecule has 1 aliphatic rings. The van der Waals surface area contributed by atoms with Crippen LogP contribution in [0.25, 0.3) is 0 Å². The SMILES string of the molecule is CC(=O)NC1C(O)OC(CO)C(O)C1OC(C)C(=O)NC(C)C(=O)NC(CCC(=O)[O-])C(=O)NC(CCCC([NH3+])C(=O)[O-])C(=O)NC(C)C(=O)[O-]. The fourth-order valence-electron chi connectivity index (χ4n) is 4.76. The molecule has 22 nitrogen and oxygen atoms in total. The number of nitrogens with one attached hydrogen (secondary N) is 5. The molecule has 290 valence electrons. The summed E-state index contributed by atoms with van der Waals surface area (Å²) in [6.07, 6.45) is -9.30. The molecule has 1 aliphatic heterocycles. The predicted molar refractivity (Wildman–Crippen MR) is 160 cm³/mol. The molecule has 1 heterocycles. The van der Waals surface area contributed by atoms with E-state index in [0.717, 1.165) is 13.8 Å². The van der Waals surface area contributed by atoms with Gasteiger partial charge >= 0.3 is 0 Å². The molecule has 51 heavy (non-hydrogen) atoms. The molecule has 0 radical (unpaired) electrons. The molecule has 1 rings (SSSR count). The number of amides is 5. The van der Waals surface area contributed by atoms with Crippen molar-refractivity contribution in [1.29, 1.82) is 0 Å². The second-order valence-electron chi connectivity index (χ2n) is 12.0. The van der Waals surface area contributed by atoms with Crippen molar-refractivity contribution in [3.05, 3.63) is 0 Å². The molecule has 5 amide bonds. The van der Waals surface area contributed by atoms with Crippen molar-refractivity contribution in [3.8, 4) is 0 Å². The third kappa shape index (κ3) is 14.7. The number of ether oxygens (including phenoxy) is 2. The van der Waals surface area contributed by atoms with Gasteiger partial charge in [-0.15, -0.1) is 0 Å². The molecule has 0 aliphatic carbocycles. The molecule has 11 atom stereocenters. The van der Waals surface area contributed by atoms with Crippen LogP contribution in [-0.2, 0) is 47.8 Å². The number of rotatable bonds is 21. The summed E-state index contributed by atoms with van der Waals surface area (Å²) in [7, 11) is 0. The van der Waals surface area contributed by atoms with E-state index in [0.29, 0.717) is 0 Å². The van der Waals surface area contributed by atoms with Gasteiger partial charge in [-0.05, 0) is 46.5 Å². The zero-order valence-electron chi connectivity index (χ0n) is 28.4. The van der Waals surface area contributed by atoms with Crippen LogP contribution in [0.2, 0.25) is 0 Å². The van der Waals surface area contributed by atoms with Gasteiger partial charge in [0.1, 0.15) is 54.6 Å². The van der Waals surface area contributed by atoms with Crippen molar-refractivity contribution in [2.24, 2.45) is 0 Å². The standard InChI is InChI=1S/C29H48N6O16/c1-11(31-24(42)13(3)50-22-20(33-14(4)37)29(49)51-18(10-36)21(22)40)23(41)34-17(8-9-19(38)39)26(44)35-16(7-5-6-15(30)28(47)48)25(43)32-12(2)27(45)46/h11-13,15-18,20-22,29,36,40,49H,5-10,30H2,1-4H3,(H,31,42)(H,32,43)(H,33,37)(H,34,41)(H,35,44)(H,38,39)(H,45,46)(H,47,48)/p-2. The van der Waals surface area contributed by atoms with Crippen LogP contribution >= 0.6 is 0 Å². The van der Waals surface area contributed by atoms with Crippen molar-refractivity contribution < 1.29 is 84.2 Å². The van der Waals surface area contributed by atoms with E-state index in [1.165, 1.54) is 13.8 Å². The van der Waals surface area contributed by atoms with Crippen LogP contribution in [0.3, 0.4) is 0 Å². The minimum Gasteiger partial charge on any atom is -0.550 e. The maximum atomic E-state index is 13.2. The van der Waals surface area contributed by atoms with E-state index in [1.807, 2.05) is 0 Å². The minimum absolute atomic E-state index is 0.0182. The van der Waals surface area contributed by atoms with Crippen LogP contribution in [0.5, 0.6) is 0 Å². The van der Waals surface area contributed by atoms with Crippen molar-refractivity contribution in [2.45, 2.75) is 127 Å². The Morgan fingerprint density at radius 2 is 1.33 bits per heavy atom. The molecule has 0 aromatic carbocycles. The van der Waals surface area contributed by atoms with Crippen LogP contribution < -0.4 is 47.6 Å². The highest BCUT2D eigenvalue weighted by Gasteiger charge is 2.47. The number of hydrogen-bond donors (Lipinski definition) is 9. The first-order chi connectivity index (χ1) is 23.7. The summed E-state index contributed by atoms with van der Waals surface area (Å²) in [5.41, 5.74) is 3.38. The summed E-state index contributed by atoms with van der Waals surface area (Å²) in [5, 5.41) is 74.9. The normalized spacial score (nSPS) is 23.6. The lowest BCUT2D eigenvalue weighted by molar-refractivity contribution is -0.438. The Balaban J connectivity index is 3.07. The van der Waals surface area contributed by atoms with Crippen LogP contribution in [0, 0.1) is 0 Å². The number of aliphatic carboxylic acids is 3. The highest BCUT2D eigenvalue weighted by Crippen LogP contribution is 2.24. The van der Waals surface area contributed by atoms with Gasteiger partial charge in [-0.2, -0.15) is 0 Å². The van der Waals surface area contributed by atoms with Crippen molar-refractivity contribution in [1.82, 2.24) is 26.6 Å². The largest absolute Gasteiger partial charge is 0.550 e. The quantitative estimate of drug-likeness (QED) is 0.0528. The second kappa shape index (κ2) is 21.0. The molecule has 11 N–H and O–H groups in total. The summed E-state index contributed by atoms with van der Waals surface area (Å²) in [4.78, 5) is 97.0. The van der Waals surface area contributed by atoms with Crippen molar-refractivity contribution in [2.75, 3.05) is 6.61 Å². The number of carbonyl (C=O) groups is 8. The van der Waals surface area contributed by atoms with E-state index in [4.69, 9.17) is 9.47 Å². The summed E-state index contributed by atoms with van der Waals surface area (Å²) in [5.74, 6) is -9.45. The van der Waals surface area contributed by atoms with Crippen molar-refractivity contribution >= 4 is 47.4 Å². The van der Waals surface area contributed by atoms with Gasteiger partial charge in [0, 0.05) is 19.3 Å². The first-order valence-corrected chi connectivity index (χ1v) is 15.9. The lowest BCUT2D eigenvalue weighted by Gasteiger charge is -2.43. The Kier molecular flexibility index (Phi) is 18.4. The predicted octanol–water partition coefficient (Wildman–Crippen LogP) is -9.88. The monoisotopic (exact) mass is 734 g/mol. The van der Waals surface area contributed by atoms with Gasteiger partial charge in [-0.1, -0.05) is 0 Å². The molecular weight excluding hydrogens is 688 g/mol. The van der Waals surface area contributed by atoms with E-state index in [9.17, 15) is 69.0 Å². The van der Waals surface area contributed by atoms with Crippen LogP contribution in [0.1, 0.15) is 59.8 Å². The van der Waals surface area contributed by atoms with Crippen LogP contribution in [0.4, 0.5) is 0 Å². The Hall–Kier alpha value is -4.48. The molecule has 0 aromatic rings.